The lowest BCUT2D eigenvalue weighted by molar-refractivity contribution is 0.0936. The number of hydrogen-bond donors (Lipinski definition) is 2. The molecule has 0 fully saturated rings. The van der Waals surface area contributed by atoms with Crippen LogP contribution in [0.15, 0.2) is 36.4 Å². The summed E-state index contributed by atoms with van der Waals surface area (Å²) in [5.74, 6) is -0.177. The lowest BCUT2D eigenvalue weighted by Gasteiger charge is -2.14. The number of aromatic hydroxyl groups is 1. The van der Waals surface area contributed by atoms with Crippen LogP contribution in [0.25, 0.3) is 10.8 Å². The number of carbonyl (C=O) groups excluding carboxylic acids is 1. The zero-order chi connectivity index (χ0) is 14.5. The molecule has 1 atom stereocenters. The van der Waals surface area contributed by atoms with Crippen molar-refractivity contribution < 1.29 is 9.90 Å². The fourth-order valence-corrected chi connectivity index (χ4v) is 2.52. The Kier molecular flexibility index (Phi) is 5.01. The Hall–Kier alpha value is -1.55. The monoisotopic (exact) mass is 335 g/mol. The van der Waals surface area contributed by atoms with Crippen molar-refractivity contribution in [1.29, 1.82) is 0 Å². The van der Waals surface area contributed by atoms with E-state index in [4.69, 9.17) is 0 Å². The van der Waals surface area contributed by atoms with Crippen LogP contribution < -0.4 is 5.32 Å². The fraction of sp³-hybridized carbons (Fsp3) is 0.312. The number of alkyl halides is 1. The van der Waals surface area contributed by atoms with E-state index in [2.05, 4.69) is 21.2 Å². The van der Waals surface area contributed by atoms with Crippen molar-refractivity contribution >= 4 is 32.6 Å². The third kappa shape index (κ3) is 3.31. The highest BCUT2D eigenvalue weighted by molar-refractivity contribution is 9.09. The molecule has 2 N–H and O–H groups in total. The van der Waals surface area contributed by atoms with Crippen LogP contribution in [0.2, 0.25) is 0 Å². The van der Waals surface area contributed by atoms with E-state index >= 15 is 0 Å². The van der Waals surface area contributed by atoms with Crippen LogP contribution in [0.3, 0.4) is 0 Å². The van der Waals surface area contributed by atoms with E-state index < -0.39 is 0 Å². The molecule has 4 heteroatoms. The van der Waals surface area contributed by atoms with E-state index in [-0.39, 0.29) is 17.7 Å². The van der Waals surface area contributed by atoms with Crippen molar-refractivity contribution in [3.05, 3.63) is 42.0 Å². The van der Waals surface area contributed by atoms with E-state index in [9.17, 15) is 9.90 Å². The molecule has 0 bridgehead atoms. The van der Waals surface area contributed by atoms with Gasteiger partial charge in [0, 0.05) is 16.8 Å². The Morgan fingerprint density at radius 3 is 2.80 bits per heavy atom. The SMILES string of the molecule is CC(CCCBr)NC(=O)c1ccc2ccccc2c1O. The van der Waals surface area contributed by atoms with E-state index in [0.29, 0.717) is 10.9 Å². The fourth-order valence-electron chi connectivity index (χ4n) is 2.20. The zero-order valence-corrected chi connectivity index (χ0v) is 13.0. The lowest BCUT2D eigenvalue weighted by Crippen LogP contribution is -2.32. The molecule has 0 aromatic heterocycles. The molecule has 2 aromatic carbocycles. The number of nitrogens with one attached hydrogen (secondary N) is 1. The van der Waals surface area contributed by atoms with Crippen LogP contribution in [0.5, 0.6) is 5.75 Å². The Balaban J connectivity index is 2.20. The number of amides is 1. The summed E-state index contributed by atoms with van der Waals surface area (Å²) in [6.45, 7) is 1.97. The highest BCUT2D eigenvalue weighted by Crippen LogP contribution is 2.28. The molecule has 0 heterocycles. The van der Waals surface area contributed by atoms with Crippen molar-refractivity contribution in [2.24, 2.45) is 0 Å². The molecule has 1 unspecified atom stereocenters. The van der Waals surface area contributed by atoms with Gasteiger partial charge < -0.3 is 10.4 Å². The number of phenols is 1. The Morgan fingerprint density at radius 2 is 2.05 bits per heavy atom. The maximum Gasteiger partial charge on any atom is 0.255 e. The number of halogens is 1. The molecule has 106 valence electrons. The zero-order valence-electron chi connectivity index (χ0n) is 11.4. The summed E-state index contributed by atoms with van der Waals surface area (Å²) < 4.78 is 0. The first-order valence-electron chi connectivity index (χ1n) is 6.71. The molecule has 1 amide bonds. The van der Waals surface area contributed by atoms with Gasteiger partial charge >= 0.3 is 0 Å². The molecule has 3 nitrogen and oxygen atoms in total. The number of fused-ring (bicyclic) bond motifs is 1. The highest BCUT2D eigenvalue weighted by atomic mass is 79.9. The first-order chi connectivity index (χ1) is 9.63. The molecular formula is C16H18BrNO2. The summed E-state index contributed by atoms with van der Waals surface area (Å²) in [5.41, 5.74) is 0.328. The van der Waals surface area contributed by atoms with E-state index in [1.807, 2.05) is 37.3 Å². The minimum atomic E-state index is -0.227. The molecular weight excluding hydrogens is 318 g/mol. The standard InChI is InChI=1S/C16H18BrNO2/c1-11(5-4-10-17)18-16(20)14-9-8-12-6-2-3-7-13(12)15(14)19/h2-3,6-9,11,19H,4-5,10H2,1H3,(H,18,20). The van der Waals surface area contributed by atoms with Crippen molar-refractivity contribution in [2.75, 3.05) is 5.33 Å². The number of phenolic OH excluding ortho intramolecular Hbond substituents is 1. The molecule has 0 saturated carbocycles. The molecule has 0 radical (unpaired) electrons. The number of rotatable bonds is 5. The highest BCUT2D eigenvalue weighted by Gasteiger charge is 2.15. The van der Waals surface area contributed by atoms with Crippen molar-refractivity contribution in [1.82, 2.24) is 5.32 Å². The van der Waals surface area contributed by atoms with Gasteiger partial charge in [-0.2, -0.15) is 0 Å². The van der Waals surface area contributed by atoms with Crippen LogP contribution in [0.1, 0.15) is 30.1 Å². The Morgan fingerprint density at radius 1 is 1.30 bits per heavy atom. The van der Waals surface area contributed by atoms with Crippen LogP contribution in [-0.2, 0) is 0 Å². The minimum Gasteiger partial charge on any atom is -0.506 e. The number of carbonyl (C=O) groups is 1. The summed E-state index contributed by atoms with van der Waals surface area (Å²) in [6.07, 6.45) is 1.91. The maximum atomic E-state index is 12.2. The van der Waals surface area contributed by atoms with Gasteiger partial charge in [0.2, 0.25) is 0 Å². The molecule has 0 aliphatic carbocycles. The summed E-state index contributed by atoms with van der Waals surface area (Å²) in [4.78, 5) is 12.2. The average molecular weight is 336 g/mol. The Labute approximate surface area is 127 Å². The van der Waals surface area contributed by atoms with Gasteiger partial charge in [-0.25, -0.2) is 0 Å². The molecule has 0 aliphatic rings. The maximum absolute atomic E-state index is 12.2. The van der Waals surface area contributed by atoms with Gasteiger partial charge in [-0.15, -0.1) is 0 Å². The molecule has 2 rings (SSSR count). The topological polar surface area (TPSA) is 49.3 Å². The third-order valence-electron chi connectivity index (χ3n) is 3.29. The molecule has 20 heavy (non-hydrogen) atoms. The van der Waals surface area contributed by atoms with Crippen molar-refractivity contribution in [2.45, 2.75) is 25.8 Å². The summed E-state index contributed by atoms with van der Waals surface area (Å²) in [5, 5.41) is 15.7. The van der Waals surface area contributed by atoms with Crippen molar-refractivity contribution in [3.8, 4) is 5.75 Å². The summed E-state index contributed by atoms with van der Waals surface area (Å²) >= 11 is 3.38. The van der Waals surface area contributed by atoms with Gasteiger partial charge in [-0.3, -0.25) is 4.79 Å². The summed E-state index contributed by atoms with van der Waals surface area (Å²) in [6, 6.07) is 11.1. The van der Waals surface area contributed by atoms with Gasteiger partial charge in [0.1, 0.15) is 5.75 Å². The van der Waals surface area contributed by atoms with E-state index in [1.165, 1.54) is 0 Å². The second-order valence-corrected chi connectivity index (χ2v) is 5.68. The smallest absolute Gasteiger partial charge is 0.255 e. The minimum absolute atomic E-state index is 0.0493. The van der Waals surface area contributed by atoms with Gasteiger partial charge in [-0.1, -0.05) is 46.3 Å². The van der Waals surface area contributed by atoms with Gasteiger partial charge in [0.15, 0.2) is 0 Å². The largest absolute Gasteiger partial charge is 0.506 e. The van der Waals surface area contributed by atoms with Crippen LogP contribution in [0, 0.1) is 0 Å². The predicted octanol–water partition coefficient (Wildman–Crippen LogP) is 3.84. The van der Waals surface area contributed by atoms with Gasteiger partial charge in [0.05, 0.1) is 5.56 Å². The van der Waals surface area contributed by atoms with Crippen molar-refractivity contribution in [3.63, 3.8) is 0 Å². The number of hydrogen-bond acceptors (Lipinski definition) is 2. The second-order valence-electron chi connectivity index (χ2n) is 4.89. The van der Waals surface area contributed by atoms with Crippen LogP contribution >= 0.6 is 15.9 Å². The summed E-state index contributed by atoms with van der Waals surface area (Å²) in [7, 11) is 0. The van der Waals surface area contributed by atoms with Crippen LogP contribution in [-0.4, -0.2) is 22.4 Å². The average Bonchev–Trinajstić information content (AvgIpc) is 2.45. The lowest BCUT2D eigenvalue weighted by atomic mass is 10.0. The van der Waals surface area contributed by atoms with Gasteiger partial charge in [-0.05, 0) is 31.2 Å². The molecule has 0 spiro atoms. The molecule has 0 saturated heterocycles. The third-order valence-corrected chi connectivity index (χ3v) is 3.85. The van der Waals surface area contributed by atoms with Crippen LogP contribution in [0.4, 0.5) is 0 Å². The van der Waals surface area contributed by atoms with E-state index in [1.54, 1.807) is 6.07 Å². The predicted molar refractivity (Wildman–Crippen MR) is 85.6 cm³/mol. The normalized spacial score (nSPS) is 12.3. The molecule has 0 aliphatic heterocycles. The quantitative estimate of drug-likeness (QED) is 0.815. The molecule has 2 aromatic rings. The first-order valence-corrected chi connectivity index (χ1v) is 7.83. The van der Waals surface area contributed by atoms with Gasteiger partial charge in [0.25, 0.3) is 5.91 Å². The second kappa shape index (κ2) is 6.75. The van der Waals surface area contributed by atoms with E-state index in [0.717, 1.165) is 23.6 Å². The number of benzene rings is 2. The first kappa shape index (κ1) is 14.9. The Bertz CT molecular complexity index is 612.